The molecule has 1 heterocycles. The quantitative estimate of drug-likeness (QED) is 0.812. The van der Waals surface area contributed by atoms with E-state index in [2.05, 4.69) is 15.5 Å². The minimum Gasteiger partial charge on any atom is -0.480 e. The van der Waals surface area contributed by atoms with Gasteiger partial charge in [0.1, 0.15) is 6.04 Å². The van der Waals surface area contributed by atoms with E-state index in [9.17, 15) is 4.79 Å². The molecule has 118 valence electrons. The van der Waals surface area contributed by atoms with Crippen molar-refractivity contribution in [3.8, 4) is 11.4 Å². The van der Waals surface area contributed by atoms with E-state index in [-0.39, 0.29) is 6.04 Å². The average molecular weight is 324 g/mol. The van der Waals surface area contributed by atoms with Crippen LogP contribution in [0.3, 0.4) is 0 Å². The molecule has 0 spiro atoms. The number of carbonyl (C=O) groups is 1. The van der Waals surface area contributed by atoms with E-state index in [4.69, 9.17) is 21.2 Å². The van der Waals surface area contributed by atoms with Crippen molar-refractivity contribution in [2.75, 3.05) is 0 Å². The summed E-state index contributed by atoms with van der Waals surface area (Å²) in [6.45, 7) is 3.73. The number of nitrogens with one attached hydrogen (secondary N) is 1. The van der Waals surface area contributed by atoms with Gasteiger partial charge < -0.3 is 9.63 Å². The van der Waals surface area contributed by atoms with E-state index < -0.39 is 12.0 Å². The Labute approximate surface area is 133 Å². The molecule has 2 unspecified atom stereocenters. The molecule has 0 amide bonds. The molecule has 0 saturated heterocycles. The molecule has 0 bridgehead atoms. The second-order valence-corrected chi connectivity index (χ2v) is 5.47. The van der Waals surface area contributed by atoms with Gasteiger partial charge in [-0.05, 0) is 37.6 Å². The Bertz CT molecular complexity index is 627. The lowest BCUT2D eigenvalue weighted by molar-refractivity contribution is -0.139. The Morgan fingerprint density at radius 2 is 2.09 bits per heavy atom. The number of aromatic nitrogens is 2. The zero-order valence-corrected chi connectivity index (χ0v) is 13.2. The molecular weight excluding hydrogens is 306 g/mol. The number of carboxylic acids is 1. The third-order valence-corrected chi connectivity index (χ3v) is 3.49. The number of halogens is 1. The topological polar surface area (TPSA) is 88.3 Å². The summed E-state index contributed by atoms with van der Waals surface area (Å²) in [5.74, 6) is -0.0823. The monoisotopic (exact) mass is 323 g/mol. The van der Waals surface area contributed by atoms with Crippen LogP contribution < -0.4 is 5.32 Å². The van der Waals surface area contributed by atoms with Crippen LogP contribution in [0.2, 0.25) is 5.02 Å². The fourth-order valence-corrected chi connectivity index (χ4v) is 2.19. The van der Waals surface area contributed by atoms with E-state index in [1.54, 1.807) is 31.2 Å². The van der Waals surface area contributed by atoms with Crippen LogP contribution in [-0.2, 0) is 4.79 Å². The summed E-state index contributed by atoms with van der Waals surface area (Å²) >= 11 is 5.84. The van der Waals surface area contributed by atoms with Gasteiger partial charge in [0, 0.05) is 10.6 Å². The lowest BCUT2D eigenvalue weighted by atomic mass is 10.1. The van der Waals surface area contributed by atoms with Crippen LogP contribution in [-0.4, -0.2) is 27.3 Å². The van der Waals surface area contributed by atoms with E-state index in [1.165, 1.54) is 0 Å². The smallest absolute Gasteiger partial charge is 0.320 e. The number of aliphatic carboxylic acids is 1. The first kappa shape index (κ1) is 16.5. The predicted octanol–water partition coefficient (Wildman–Crippen LogP) is 3.29. The molecule has 2 atom stereocenters. The van der Waals surface area contributed by atoms with Crippen molar-refractivity contribution in [2.45, 2.75) is 38.8 Å². The van der Waals surface area contributed by atoms with Gasteiger partial charge >= 0.3 is 5.97 Å². The minimum absolute atomic E-state index is 0.346. The normalized spacial score (nSPS) is 13.8. The van der Waals surface area contributed by atoms with Gasteiger partial charge in [-0.3, -0.25) is 10.1 Å². The van der Waals surface area contributed by atoms with Gasteiger partial charge in [-0.1, -0.05) is 30.1 Å². The fraction of sp³-hybridized carbons (Fsp3) is 0.400. The van der Waals surface area contributed by atoms with E-state index in [0.29, 0.717) is 23.2 Å². The summed E-state index contributed by atoms with van der Waals surface area (Å²) in [6.07, 6.45) is 1.31. The van der Waals surface area contributed by atoms with Gasteiger partial charge in [0.25, 0.3) is 0 Å². The Kier molecular flexibility index (Phi) is 5.51. The van der Waals surface area contributed by atoms with Gasteiger partial charge in [-0.25, -0.2) is 0 Å². The molecule has 0 fully saturated rings. The lowest BCUT2D eigenvalue weighted by Gasteiger charge is -2.16. The molecule has 22 heavy (non-hydrogen) atoms. The number of benzene rings is 1. The summed E-state index contributed by atoms with van der Waals surface area (Å²) in [7, 11) is 0. The largest absolute Gasteiger partial charge is 0.480 e. The van der Waals surface area contributed by atoms with Crippen LogP contribution in [0.4, 0.5) is 0 Å². The predicted molar refractivity (Wildman–Crippen MR) is 82.6 cm³/mol. The Morgan fingerprint density at radius 3 is 2.68 bits per heavy atom. The minimum atomic E-state index is -0.883. The van der Waals surface area contributed by atoms with E-state index in [0.717, 1.165) is 12.0 Å². The zero-order valence-electron chi connectivity index (χ0n) is 12.4. The van der Waals surface area contributed by atoms with Crippen LogP contribution in [0.15, 0.2) is 28.8 Å². The molecule has 1 aromatic heterocycles. The summed E-state index contributed by atoms with van der Waals surface area (Å²) < 4.78 is 5.22. The highest BCUT2D eigenvalue weighted by Gasteiger charge is 2.22. The lowest BCUT2D eigenvalue weighted by Crippen LogP contribution is -2.38. The van der Waals surface area contributed by atoms with E-state index >= 15 is 0 Å². The molecule has 2 aromatic rings. The summed E-state index contributed by atoms with van der Waals surface area (Å²) in [4.78, 5) is 15.5. The summed E-state index contributed by atoms with van der Waals surface area (Å²) in [6, 6.07) is 6.11. The number of carboxylic acid groups (broad SMARTS) is 1. The SMILES string of the molecule is CCCC(NC(C)c1nc(-c2ccc(Cl)cc2)no1)C(=O)O. The Balaban J connectivity index is 2.09. The van der Waals surface area contributed by atoms with Crippen molar-refractivity contribution < 1.29 is 14.4 Å². The summed E-state index contributed by atoms with van der Waals surface area (Å²) in [5, 5.41) is 16.7. The van der Waals surface area contributed by atoms with Crippen LogP contribution >= 0.6 is 11.6 Å². The second-order valence-electron chi connectivity index (χ2n) is 5.03. The third-order valence-electron chi connectivity index (χ3n) is 3.24. The molecule has 0 saturated carbocycles. The van der Waals surface area contributed by atoms with Crippen LogP contribution in [0.5, 0.6) is 0 Å². The number of rotatable bonds is 7. The Hall–Kier alpha value is -1.92. The maximum atomic E-state index is 11.2. The summed E-state index contributed by atoms with van der Waals surface area (Å²) in [5.41, 5.74) is 0.787. The van der Waals surface area contributed by atoms with Crippen molar-refractivity contribution in [2.24, 2.45) is 0 Å². The van der Waals surface area contributed by atoms with E-state index in [1.807, 2.05) is 6.92 Å². The van der Waals surface area contributed by atoms with Gasteiger partial charge in [-0.15, -0.1) is 0 Å². The number of nitrogens with zero attached hydrogens (tertiary/aromatic N) is 2. The first-order chi connectivity index (χ1) is 10.5. The molecule has 0 aliphatic carbocycles. The van der Waals surface area contributed by atoms with Crippen molar-refractivity contribution in [3.63, 3.8) is 0 Å². The first-order valence-corrected chi connectivity index (χ1v) is 7.47. The molecule has 6 nitrogen and oxygen atoms in total. The third kappa shape index (κ3) is 4.05. The molecule has 2 N–H and O–H groups in total. The van der Waals surface area contributed by atoms with Crippen LogP contribution in [0.1, 0.15) is 38.6 Å². The second kappa shape index (κ2) is 7.38. The highest BCUT2D eigenvalue weighted by Crippen LogP contribution is 2.21. The number of hydrogen-bond donors (Lipinski definition) is 2. The number of hydrogen-bond acceptors (Lipinski definition) is 5. The van der Waals surface area contributed by atoms with Gasteiger partial charge in [0.05, 0.1) is 6.04 Å². The van der Waals surface area contributed by atoms with Crippen LogP contribution in [0.25, 0.3) is 11.4 Å². The van der Waals surface area contributed by atoms with Crippen molar-refractivity contribution in [1.29, 1.82) is 0 Å². The molecular formula is C15H18ClN3O3. The molecule has 0 aliphatic heterocycles. The van der Waals surface area contributed by atoms with Crippen molar-refractivity contribution in [1.82, 2.24) is 15.5 Å². The highest BCUT2D eigenvalue weighted by atomic mass is 35.5. The Morgan fingerprint density at radius 1 is 1.41 bits per heavy atom. The highest BCUT2D eigenvalue weighted by molar-refractivity contribution is 6.30. The molecule has 7 heteroatoms. The van der Waals surface area contributed by atoms with Gasteiger partial charge in [0.2, 0.25) is 11.7 Å². The van der Waals surface area contributed by atoms with Crippen molar-refractivity contribution in [3.05, 3.63) is 35.2 Å². The molecule has 2 rings (SSSR count). The zero-order chi connectivity index (χ0) is 16.1. The molecule has 1 aromatic carbocycles. The van der Waals surface area contributed by atoms with Gasteiger partial charge in [-0.2, -0.15) is 4.98 Å². The maximum absolute atomic E-state index is 11.2. The van der Waals surface area contributed by atoms with Crippen LogP contribution in [0, 0.1) is 0 Å². The molecule has 0 aliphatic rings. The average Bonchev–Trinajstić information content (AvgIpc) is 2.97. The standard InChI is InChI=1S/C15H18ClN3O3/c1-3-4-12(15(20)21)17-9(2)14-18-13(19-22-14)10-5-7-11(16)8-6-10/h5-9,12,17H,3-4H2,1-2H3,(H,20,21). The molecule has 0 radical (unpaired) electrons. The maximum Gasteiger partial charge on any atom is 0.320 e. The first-order valence-electron chi connectivity index (χ1n) is 7.09. The fourth-order valence-electron chi connectivity index (χ4n) is 2.07. The van der Waals surface area contributed by atoms with Crippen molar-refractivity contribution >= 4 is 17.6 Å². The van der Waals surface area contributed by atoms with Gasteiger partial charge in [0.15, 0.2) is 0 Å².